The zero-order valence-corrected chi connectivity index (χ0v) is 21.9. The van der Waals surface area contributed by atoms with E-state index in [1.165, 1.54) is 32.1 Å². The molecule has 0 aliphatic rings. The zero-order chi connectivity index (χ0) is 24.3. The topological polar surface area (TPSA) is 36.9 Å². The van der Waals surface area contributed by atoms with Crippen LogP contribution in [-0.2, 0) is 18.9 Å². The molecule has 1 unspecified atom stereocenters. The summed E-state index contributed by atoms with van der Waals surface area (Å²) in [5, 5.41) is 0. The van der Waals surface area contributed by atoms with Crippen molar-refractivity contribution < 1.29 is 18.9 Å². The van der Waals surface area contributed by atoms with Crippen LogP contribution >= 0.6 is 0 Å². The van der Waals surface area contributed by atoms with E-state index in [1.54, 1.807) is 46.7 Å². The molecule has 0 aromatic heterocycles. The van der Waals surface area contributed by atoms with Gasteiger partial charge >= 0.3 is 5.97 Å². The molecule has 0 aromatic rings. The molecule has 0 fully saturated rings. The van der Waals surface area contributed by atoms with Crippen molar-refractivity contribution in [3.63, 3.8) is 0 Å². The van der Waals surface area contributed by atoms with Crippen LogP contribution < -0.4 is 0 Å². The van der Waals surface area contributed by atoms with E-state index in [0.29, 0.717) is 0 Å². The minimum absolute atomic E-state index is 0.565. The molecular formula is C26H54O4. The molecule has 4 heteroatoms. The Bertz CT molecular complexity index is 328. The molecule has 30 heavy (non-hydrogen) atoms. The first-order valence-corrected chi connectivity index (χ1v) is 11.3. The van der Waals surface area contributed by atoms with Crippen molar-refractivity contribution in [1.29, 1.82) is 0 Å². The molecule has 1 atom stereocenters. The van der Waals surface area contributed by atoms with E-state index >= 15 is 0 Å². The summed E-state index contributed by atoms with van der Waals surface area (Å²) in [5.74, 6) is -1.14. The summed E-state index contributed by atoms with van der Waals surface area (Å²) in [4.78, 5) is 0. The van der Waals surface area contributed by atoms with Crippen LogP contribution in [-0.4, -0.2) is 40.0 Å². The second-order valence-electron chi connectivity index (χ2n) is 6.86. The number of rotatable bonds is 14. The quantitative estimate of drug-likeness (QED) is 0.158. The third-order valence-corrected chi connectivity index (χ3v) is 4.34. The third kappa shape index (κ3) is 16.8. The molecule has 0 rings (SSSR count). The molecule has 0 aliphatic carbocycles. The lowest BCUT2D eigenvalue weighted by Crippen LogP contribution is -2.59. The van der Waals surface area contributed by atoms with E-state index in [0.717, 1.165) is 25.7 Å². The number of allylic oxidation sites excluding steroid dienone is 3. The molecule has 4 nitrogen and oxygen atoms in total. The summed E-state index contributed by atoms with van der Waals surface area (Å²) in [5.41, 5.74) is -0.565. The van der Waals surface area contributed by atoms with Crippen molar-refractivity contribution >= 4 is 0 Å². The van der Waals surface area contributed by atoms with Gasteiger partial charge in [-0.3, -0.25) is 0 Å². The molecule has 0 saturated carbocycles. The normalized spacial score (nSPS) is 11.9. The highest BCUT2D eigenvalue weighted by molar-refractivity contribution is 4.90. The molecule has 0 aliphatic heterocycles. The summed E-state index contributed by atoms with van der Waals surface area (Å²) in [7, 11) is 6.55. The van der Waals surface area contributed by atoms with Crippen LogP contribution in [0.4, 0.5) is 0 Å². The van der Waals surface area contributed by atoms with Crippen molar-refractivity contribution in [2.45, 2.75) is 104 Å². The molecule has 0 radical (unpaired) electrons. The number of hydrogen-bond donors (Lipinski definition) is 0. The van der Waals surface area contributed by atoms with E-state index in [4.69, 9.17) is 18.9 Å². The highest BCUT2D eigenvalue weighted by Crippen LogP contribution is 2.39. The molecule has 0 amide bonds. The Kier molecular flexibility index (Phi) is 34.1. The lowest BCUT2D eigenvalue weighted by atomic mass is 9.87. The fraction of sp³-hybridized carbons (Fsp3) is 0.769. The van der Waals surface area contributed by atoms with Gasteiger partial charge in [0.2, 0.25) is 0 Å². The second-order valence-corrected chi connectivity index (χ2v) is 6.86. The van der Waals surface area contributed by atoms with E-state index in [-0.39, 0.29) is 0 Å². The SMILES string of the molecule is C=CC.C=CC.C=CC.CCCCCCCCC(CCC)(OC)C(OC)(OC)OC. The van der Waals surface area contributed by atoms with Crippen molar-refractivity contribution in [2.75, 3.05) is 28.4 Å². The van der Waals surface area contributed by atoms with E-state index in [2.05, 4.69) is 33.6 Å². The van der Waals surface area contributed by atoms with Crippen LogP contribution in [0.1, 0.15) is 92.4 Å². The van der Waals surface area contributed by atoms with Gasteiger partial charge in [-0.1, -0.05) is 77.0 Å². The predicted octanol–water partition coefficient (Wildman–Crippen LogP) is 8.09. The number of methoxy groups -OCH3 is 4. The number of unbranched alkanes of at least 4 members (excludes halogenated alkanes) is 5. The van der Waals surface area contributed by atoms with E-state index < -0.39 is 11.6 Å². The molecular weight excluding hydrogens is 376 g/mol. The highest BCUT2D eigenvalue weighted by atomic mass is 16.9. The van der Waals surface area contributed by atoms with Gasteiger partial charge in [-0.2, -0.15) is 0 Å². The molecule has 0 heterocycles. The van der Waals surface area contributed by atoms with Crippen molar-refractivity contribution in [3.05, 3.63) is 38.0 Å². The van der Waals surface area contributed by atoms with Gasteiger partial charge in [-0.15, -0.1) is 19.7 Å². The standard InChI is InChI=1S/C17H36O4.3C3H6/c1-7-9-10-11-12-13-15-16(18-3,14-8-2)17(19-4,20-5)21-6;3*1-3-2/h7-15H2,1-6H3;3*3H,1H2,2H3. The lowest BCUT2D eigenvalue weighted by molar-refractivity contribution is -0.425. The molecule has 0 spiro atoms. The van der Waals surface area contributed by atoms with Crippen molar-refractivity contribution in [1.82, 2.24) is 0 Å². The molecule has 182 valence electrons. The fourth-order valence-electron chi connectivity index (χ4n) is 3.16. The minimum Gasteiger partial charge on any atom is -0.370 e. The Labute approximate surface area is 189 Å². The maximum atomic E-state index is 5.87. The molecule has 0 aromatic carbocycles. The maximum Gasteiger partial charge on any atom is 0.313 e. The maximum absolute atomic E-state index is 5.87. The zero-order valence-electron chi connectivity index (χ0n) is 21.9. The van der Waals surface area contributed by atoms with Gasteiger partial charge in [0, 0.05) is 28.4 Å². The summed E-state index contributed by atoms with van der Waals surface area (Å²) >= 11 is 0. The lowest BCUT2D eigenvalue weighted by Gasteiger charge is -2.45. The monoisotopic (exact) mass is 430 g/mol. The van der Waals surface area contributed by atoms with Gasteiger partial charge in [0.05, 0.1) is 0 Å². The first-order valence-electron chi connectivity index (χ1n) is 11.3. The van der Waals surface area contributed by atoms with Crippen molar-refractivity contribution in [3.8, 4) is 0 Å². The first-order chi connectivity index (χ1) is 14.4. The van der Waals surface area contributed by atoms with Crippen LogP contribution in [0, 0.1) is 0 Å². The Balaban J connectivity index is -0.000000318. The first kappa shape index (κ1) is 36.4. The Morgan fingerprint density at radius 3 is 1.23 bits per heavy atom. The average Bonchev–Trinajstić information content (AvgIpc) is 2.73. The molecule has 0 bridgehead atoms. The summed E-state index contributed by atoms with van der Waals surface area (Å²) in [6, 6.07) is 0. The molecule has 0 N–H and O–H groups in total. The van der Waals surface area contributed by atoms with E-state index in [1.807, 2.05) is 20.8 Å². The van der Waals surface area contributed by atoms with Crippen LogP contribution in [0.25, 0.3) is 0 Å². The average molecular weight is 431 g/mol. The van der Waals surface area contributed by atoms with Gasteiger partial charge in [0.25, 0.3) is 0 Å². The Morgan fingerprint density at radius 2 is 0.933 bits per heavy atom. The summed E-state index contributed by atoms with van der Waals surface area (Å²) in [6.07, 6.45) is 15.4. The largest absolute Gasteiger partial charge is 0.370 e. The molecule has 0 saturated heterocycles. The third-order valence-electron chi connectivity index (χ3n) is 4.34. The Morgan fingerprint density at radius 1 is 0.567 bits per heavy atom. The smallest absolute Gasteiger partial charge is 0.313 e. The second kappa shape index (κ2) is 28.1. The van der Waals surface area contributed by atoms with Crippen LogP contribution in [0.3, 0.4) is 0 Å². The highest BCUT2D eigenvalue weighted by Gasteiger charge is 2.53. The number of hydrogen-bond acceptors (Lipinski definition) is 4. The number of ether oxygens (including phenoxy) is 4. The van der Waals surface area contributed by atoms with Crippen LogP contribution in [0.5, 0.6) is 0 Å². The van der Waals surface area contributed by atoms with E-state index in [9.17, 15) is 0 Å². The van der Waals surface area contributed by atoms with Gasteiger partial charge in [0.1, 0.15) is 5.60 Å². The van der Waals surface area contributed by atoms with Crippen molar-refractivity contribution in [2.24, 2.45) is 0 Å². The minimum atomic E-state index is -1.14. The Hall–Kier alpha value is -0.940. The summed E-state index contributed by atoms with van der Waals surface area (Å²) < 4.78 is 22.6. The van der Waals surface area contributed by atoms with Gasteiger partial charge in [-0.05, 0) is 33.6 Å². The van der Waals surface area contributed by atoms with Crippen LogP contribution in [0.15, 0.2) is 38.0 Å². The van der Waals surface area contributed by atoms with Gasteiger partial charge < -0.3 is 18.9 Å². The fourth-order valence-corrected chi connectivity index (χ4v) is 3.16. The van der Waals surface area contributed by atoms with Gasteiger partial charge in [0.15, 0.2) is 0 Å². The predicted molar refractivity (Wildman–Crippen MR) is 134 cm³/mol. The summed E-state index contributed by atoms with van der Waals surface area (Å²) in [6.45, 7) is 20.1. The van der Waals surface area contributed by atoms with Crippen LogP contribution in [0.2, 0.25) is 0 Å². The van der Waals surface area contributed by atoms with Gasteiger partial charge in [-0.25, -0.2) is 0 Å².